The van der Waals surface area contributed by atoms with Gasteiger partial charge in [-0.25, -0.2) is 0 Å². The van der Waals surface area contributed by atoms with Gasteiger partial charge in [0, 0.05) is 54.0 Å². The average Bonchev–Trinajstić information content (AvgIpc) is 3.12. The second-order valence-corrected chi connectivity index (χ2v) is 8.74. The highest BCUT2D eigenvalue weighted by Crippen LogP contribution is 2.28. The molecule has 0 spiro atoms. The summed E-state index contributed by atoms with van der Waals surface area (Å²) in [4.78, 5) is 17.2. The van der Waals surface area contributed by atoms with Gasteiger partial charge in [-0.2, -0.15) is 5.26 Å². The summed E-state index contributed by atoms with van der Waals surface area (Å²) in [5.41, 5.74) is 6.15. The van der Waals surface area contributed by atoms with E-state index in [1.54, 1.807) is 11.0 Å². The van der Waals surface area contributed by atoms with E-state index < -0.39 is 0 Å². The van der Waals surface area contributed by atoms with Crippen molar-refractivity contribution < 1.29 is 4.79 Å². The van der Waals surface area contributed by atoms with Crippen LogP contribution >= 0.6 is 11.6 Å². The third-order valence-electron chi connectivity index (χ3n) is 6.29. The fraction of sp³-hybridized carbons (Fsp3) is 0.259. The van der Waals surface area contributed by atoms with Crippen LogP contribution in [0.1, 0.15) is 22.5 Å². The first-order valence-electron chi connectivity index (χ1n) is 11.1. The molecule has 3 aromatic rings. The number of anilines is 1. The Kier molecular flexibility index (Phi) is 6.57. The van der Waals surface area contributed by atoms with E-state index in [2.05, 4.69) is 27.7 Å². The lowest BCUT2D eigenvalue weighted by Gasteiger charge is -2.36. The molecule has 168 valence electrons. The van der Waals surface area contributed by atoms with Crippen molar-refractivity contribution in [1.82, 2.24) is 9.47 Å². The first kappa shape index (κ1) is 22.7. The highest BCUT2D eigenvalue weighted by Gasteiger charge is 2.24. The summed E-state index contributed by atoms with van der Waals surface area (Å²) in [6.45, 7) is 8.68. The SMILES string of the molecule is Cc1c(Cl)cccc1-n1c(C)cc(/C=C(/C#N)C(=O)N2CCN(c3ccccc3)CC2)c1C. The number of benzene rings is 2. The fourth-order valence-electron chi connectivity index (χ4n) is 4.42. The Morgan fingerprint density at radius 2 is 1.70 bits per heavy atom. The summed E-state index contributed by atoms with van der Waals surface area (Å²) in [5.74, 6) is -0.214. The Morgan fingerprint density at radius 3 is 2.36 bits per heavy atom. The minimum absolute atomic E-state index is 0.159. The molecule has 1 aliphatic heterocycles. The van der Waals surface area contributed by atoms with Crippen molar-refractivity contribution in [2.45, 2.75) is 20.8 Å². The number of aryl methyl sites for hydroxylation is 1. The van der Waals surface area contributed by atoms with Gasteiger partial charge in [0.1, 0.15) is 11.6 Å². The van der Waals surface area contributed by atoms with Gasteiger partial charge in [-0.3, -0.25) is 4.79 Å². The summed E-state index contributed by atoms with van der Waals surface area (Å²) in [6, 6.07) is 20.2. The number of rotatable bonds is 4. The van der Waals surface area contributed by atoms with Gasteiger partial charge in [0.15, 0.2) is 0 Å². The van der Waals surface area contributed by atoms with Crippen molar-refractivity contribution in [3.8, 4) is 11.8 Å². The van der Waals surface area contributed by atoms with Crippen LogP contribution in [0, 0.1) is 32.1 Å². The van der Waals surface area contributed by atoms with Gasteiger partial charge in [0.2, 0.25) is 0 Å². The number of amides is 1. The number of piperazine rings is 1. The van der Waals surface area contributed by atoms with Crippen LogP contribution in [0.5, 0.6) is 0 Å². The molecule has 2 heterocycles. The fourth-order valence-corrected chi connectivity index (χ4v) is 4.59. The predicted octanol–water partition coefficient (Wildman–Crippen LogP) is 5.31. The molecular formula is C27H27ClN4O. The maximum Gasteiger partial charge on any atom is 0.264 e. The van der Waals surface area contributed by atoms with E-state index in [-0.39, 0.29) is 11.5 Å². The molecule has 2 aromatic carbocycles. The second-order valence-electron chi connectivity index (χ2n) is 8.33. The van der Waals surface area contributed by atoms with Gasteiger partial charge in [-0.15, -0.1) is 0 Å². The lowest BCUT2D eigenvalue weighted by molar-refractivity contribution is -0.126. The predicted molar refractivity (Wildman–Crippen MR) is 134 cm³/mol. The maximum absolute atomic E-state index is 13.1. The second kappa shape index (κ2) is 9.56. The summed E-state index contributed by atoms with van der Waals surface area (Å²) in [5, 5.41) is 10.5. The van der Waals surface area contributed by atoms with E-state index in [9.17, 15) is 10.1 Å². The number of para-hydroxylation sites is 1. The van der Waals surface area contributed by atoms with Crippen LogP contribution in [0.15, 0.2) is 60.2 Å². The van der Waals surface area contributed by atoms with Gasteiger partial charge in [-0.05, 0) is 68.3 Å². The summed E-state index contributed by atoms with van der Waals surface area (Å²) >= 11 is 6.34. The standard InChI is InChI=1S/C27H27ClN4O/c1-19-16-22(21(3)32(19)26-11-7-10-25(28)20(26)2)17-23(18-29)27(33)31-14-12-30(13-15-31)24-8-5-4-6-9-24/h4-11,16-17H,12-15H2,1-3H3/b23-17-. The molecule has 0 bridgehead atoms. The molecule has 0 N–H and O–H groups in total. The van der Waals surface area contributed by atoms with E-state index in [0.29, 0.717) is 18.1 Å². The lowest BCUT2D eigenvalue weighted by Crippen LogP contribution is -2.49. The monoisotopic (exact) mass is 458 g/mol. The third kappa shape index (κ3) is 4.53. The number of aromatic nitrogens is 1. The molecule has 1 amide bonds. The number of nitrogens with zero attached hydrogens (tertiary/aromatic N) is 4. The normalized spacial score (nSPS) is 14.3. The van der Waals surface area contributed by atoms with E-state index in [1.807, 2.05) is 63.2 Å². The Balaban J connectivity index is 1.56. The summed E-state index contributed by atoms with van der Waals surface area (Å²) < 4.78 is 2.12. The average molecular weight is 459 g/mol. The first-order chi connectivity index (χ1) is 15.9. The van der Waals surface area contributed by atoms with Crippen LogP contribution < -0.4 is 4.90 Å². The molecule has 0 saturated carbocycles. The minimum atomic E-state index is -0.214. The van der Waals surface area contributed by atoms with Gasteiger partial charge >= 0.3 is 0 Å². The van der Waals surface area contributed by atoms with Crippen molar-refractivity contribution in [3.05, 3.63) is 87.7 Å². The first-order valence-corrected chi connectivity index (χ1v) is 11.4. The van der Waals surface area contributed by atoms with Crippen LogP contribution in [0.3, 0.4) is 0 Å². The molecule has 0 aliphatic carbocycles. The Bertz CT molecular complexity index is 1250. The number of carbonyl (C=O) groups is 1. The Morgan fingerprint density at radius 1 is 1.00 bits per heavy atom. The molecule has 6 heteroatoms. The number of hydrogen-bond acceptors (Lipinski definition) is 3. The van der Waals surface area contributed by atoms with E-state index >= 15 is 0 Å². The molecule has 1 aliphatic rings. The highest BCUT2D eigenvalue weighted by molar-refractivity contribution is 6.31. The van der Waals surface area contributed by atoms with Crippen LogP contribution in [0.25, 0.3) is 11.8 Å². The zero-order chi connectivity index (χ0) is 23.5. The number of halogens is 1. The van der Waals surface area contributed by atoms with Gasteiger partial charge in [-0.1, -0.05) is 35.9 Å². The van der Waals surface area contributed by atoms with Crippen molar-refractivity contribution in [3.63, 3.8) is 0 Å². The zero-order valence-electron chi connectivity index (χ0n) is 19.2. The van der Waals surface area contributed by atoms with Crippen molar-refractivity contribution >= 4 is 29.3 Å². The van der Waals surface area contributed by atoms with Crippen LogP contribution in [0.2, 0.25) is 5.02 Å². The smallest absolute Gasteiger partial charge is 0.264 e. The quantitative estimate of drug-likeness (QED) is 0.393. The molecule has 0 atom stereocenters. The number of carbonyl (C=O) groups excluding carboxylic acids is 1. The molecule has 1 fully saturated rings. The van der Waals surface area contributed by atoms with Gasteiger partial charge < -0.3 is 14.4 Å². The molecule has 33 heavy (non-hydrogen) atoms. The summed E-state index contributed by atoms with van der Waals surface area (Å²) in [7, 11) is 0. The molecule has 1 saturated heterocycles. The Labute approximate surface area is 200 Å². The number of hydrogen-bond donors (Lipinski definition) is 0. The lowest BCUT2D eigenvalue weighted by atomic mass is 10.1. The topological polar surface area (TPSA) is 52.3 Å². The zero-order valence-corrected chi connectivity index (χ0v) is 19.9. The van der Waals surface area contributed by atoms with Crippen molar-refractivity contribution in [2.24, 2.45) is 0 Å². The Hall–Kier alpha value is -3.49. The minimum Gasteiger partial charge on any atom is -0.368 e. The van der Waals surface area contributed by atoms with Gasteiger partial charge in [0.25, 0.3) is 5.91 Å². The van der Waals surface area contributed by atoms with Crippen molar-refractivity contribution in [1.29, 1.82) is 5.26 Å². The molecule has 5 nitrogen and oxygen atoms in total. The highest BCUT2D eigenvalue weighted by atomic mass is 35.5. The van der Waals surface area contributed by atoms with Crippen molar-refractivity contribution in [2.75, 3.05) is 31.1 Å². The van der Waals surface area contributed by atoms with E-state index in [1.165, 1.54) is 0 Å². The molecule has 4 rings (SSSR count). The maximum atomic E-state index is 13.1. The largest absolute Gasteiger partial charge is 0.368 e. The van der Waals surface area contributed by atoms with Crippen LogP contribution in [-0.2, 0) is 4.79 Å². The van der Waals surface area contributed by atoms with E-state index in [0.717, 1.165) is 47.0 Å². The molecule has 1 aromatic heterocycles. The summed E-state index contributed by atoms with van der Waals surface area (Å²) in [6.07, 6.45) is 1.71. The number of nitriles is 1. The molecule has 0 radical (unpaired) electrons. The van der Waals surface area contributed by atoms with Crippen LogP contribution in [-0.4, -0.2) is 41.6 Å². The van der Waals surface area contributed by atoms with Crippen LogP contribution in [0.4, 0.5) is 5.69 Å². The van der Waals surface area contributed by atoms with E-state index in [4.69, 9.17) is 11.6 Å². The third-order valence-corrected chi connectivity index (χ3v) is 6.70. The van der Waals surface area contributed by atoms with Gasteiger partial charge in [0.05, 0.1) is 0 Å². The molecular weight excluding hydrogens is 432 g/mol. The molecule has 0 unspecified atom stereocenters.